The molecular weight excluding hydrogens is 280 g/mol. The summed E-state index contributed by atoms with van der Waals surface area (Å²) in [5.74, 6) is 0. The van der Waals surface area contributed by atoms with Gasteiger partial charge in [0.25, 0.3) is 0 Å². The topological polar surface area (TPSA) is 24.7 Å². The summed E-state index contributed by atoms with van der Waals surface area (Å²) in [6.07, 6.45) is 0. The van der Waals surface area contributed by atoms with Crippen molar-refractivity contribution in [2.24, 2.45) is 9.98 Å². The van der Waals surface area contributed by atoms with E-state index in [1.807, 2.05) is 0 Å². The van der Waals surface area contributed by atoms with Gasteiger partial charge in [-0.15, -0.1) is 0 Å². The third-order valence-electron chi connectivity index (χ3n) is 4.40. The van der Waals surface area contributed by atoms with Crippen molar-refractivity contribution in [1.29, 1.82) is 0 Å². The van der Waals surface area contributed by atoms with Crippen molar-refractivity contribution >= 4 is 38.9 Å². The molecule has 0 amide bonds. The van der Waals surface area contributed by atoms with Crippen molar-refractivity contribution in [2.75, 3.05) is 0 Å². The number of nitrogens with zero attached hydrogens (tertiary/aromatic N) is 2. The zero-order valence-corrected chi connectivity index (χ0v) is 12.3. The molecule has 0 aromatic heterocycles. The maximum atomic E-state index is 4.44. The molecule has 0 saturated carbocycles. The van der Waals surface area contributed by atoms with Gasteiger partial charge in [-0.1, -0.05) is 60.7 Å². The maximum Gasteiger partial charge on any atom is 0.101 e. The summed E-state index contributed by atoms with van der Waals surface area (Å²) in [6, 6.07) is 28.0. The third kappa shape index (κ3) is 1.76. The van der Waals surface area contributed by atoms with Gasteiger partial charge in [-0.25, -0.2) is 0 Å². The summed E-state index contributed by atoms with van der Waals surface area (Å²) in [4.78, 5) is 8.88. The molecule has 0 saturated heterocycles. The Labute approximate surface area is 133 Å². The minimum atomic E-state index is 0.919. The largest absolute Gasteiger partial charge is 0.187 e. The summed E-state index contributed by atoms with van der Waals surface area (Å²) in [6.45, 7) is 0. The molecule has 5 rings (SSSR count). The van der Waals surface area contributed by atoms with Crippen LogP contribution in [0.2, 0.25) is 0 Å². The lowest BCUT2D eigenvalue weighted by Gasteiger charge is -2.13. The van der Waals surface area contributed by atoms with Gasteiger partial charge in [0.1, 0.15) is 6.01 Å². The summed E-state index contributed by atoms with van der Waals surface area (Å²) >= 11 is 0. The van der Waals surface area contributed by atoms with Crippen LogP contribution in [-0.4, -0.2) is 6.01 Å². The number of hydrogen-bond donors (Lipinski definition) is 0. The average molecular weight is 292 g/mol. The Hall–Kier alpha value is -3.22. The molecular formula is C21H12N2. The molecule has 2 nitrogen and oxygen atoms in total. The fraction of sp³-hybridized carbons (Fsp3) is 0. The van der Waals surface area contributed by atoms with Crippen LogP contribution in [0.15, 0.2) is 82.8 Å². The van der Waals surface area contributed by atoms with Crippen molar-refractivity contribution in [2.45, 2.75) is 0 Å². The lowest BCUT2D eigenvalue weighted by Crippen LogP contribution is -1.85. The molecule has 0 unspecified atom stereocenters. The van der Waals surface area contributed by atoms with E-state index in [-0.39, 0.29) is 0 Å². The number of benzene rings is 4. The number of aliphatic imine (C=N–C) groups is 2. The zero-order chi connectivity index (χ0) is 15.2. The number of rotatable bonds is 0. The summed E-state index contributed by atoms with van der Waals surface area (Å²) in [7, 11) is 0. The smallest absolute Gasteiger partial charge is 0.101 e. The summed E-state index contributed by atoms with van der Waals surface area (Å²) < 4.78 is 0. The van der Waals surface area contributed by atoms with E-state index in [9.17, 15) is 0 Å². The molecule has 0 bridgehead atoms. The van der Waals surface area contributed by atoms with Crippen LogP contribution in [0.3, 0.4) is 0 Å². The van der Waals surface area contributed by atoms with Gasteiger partial charge in [-0.05, 0) is 33.7 Å². The predicted molar refractivity (Wildman–Crippen MR) is 96.1 cm³/mol. The first-order chi connectivity index (χ1) is 11.4. The molecule has 0 aliphatic carbocycles. The van der Waals surface area contributed by atoms with Crippen LogP contribution in [0.5, 0.6) is 0 Å². The lowest BCUT2D eigenvalue weighted by molar-refractivity contribution is 1.57. The predicted octanol–water partition coefficient (Wildman–Crippen LogP) is 6.11. The highest BCUT2D eigenvalue weighted by Gasteiger charge is 2.17. The van der Waals surface area contributed by atoms with E-state index >= 15 is 0 Å². The normalized spacial score (nSPS) is 12.2. The molecule has 4 aromatic rings. The van der Waals surface area contributed by atoms with E-state index in [1.54, 1.807) is 0 Å². The first-order valence-corrected chi connectivity index (χ1v) is 7.62. The fourth-order valence-electron chi connectivity index (χ4n) is 3.36. The van der Waals surface area contributed by atoms with Gasteiger partial charge in [0.2, 0.25) is 0 Å². The molecule has 0 N–H and O–H groups in total. The zero-order valence-electron chi connectivity index (χ0n) is 12.3. The van der Waals surface area contributed by atoms with Crippen molar-refractivity contribution in [3.05, 3.63) is 72.8 Å². The molecule has 0 atom stereocenters. The Bertz CT molecular complexity index is 1060. The van der Waals surface area contributed by atoms with E-state index in [0.29, 0.717) is 0 Å². The third-order valence-corrected chi connectivity index (χ3v) is 4.40. The average Bonchev–Trinajstić information content (AvgIpc) is 2.81. The molecule has 23 heavy (non-hydrogen) atoms. The van der Waals surface area contributed by atoms with Crippen LogP contribution in [0.25, 0.3) is 32.7 Å². The van der Waals surface area contributed by atoms with Crippen LogP contribution in [-0.2, 0) is 0 Å². The van der Waals surface area contributed by atoms with Crippen LogP contribution >= 0.6 is 0 Å². The second-order valence-electron chi connectivity index (χ2n) is 5.69. The van der Waals surface area contributed by atoms with E-state index in [2.05, 4.69) is 88.8 Å². The standard InChI is InChI=1S/C21H12N2/c1-3-7-16-14(5-1)9-11-18-20(16)21-17-8-4-2-6-15(17)10-12-19(21)23-13-22-18/h1-12H. The van der Waals surface area contributed by atoms with E-state index in [0.717, 1.165) is 22.5 Å². The molecule has 1 aliphatic rings. The van der Waals surface area contributed by atoms with Crippen molar-refractivity contribution in [1.82, 2.24) is 0 Å². The van der Waals surface area contributed by atoms with E-state index in [1.165, 1.54) is 21.5 Å². The molecule has 0 spiro atoms. The van der Waals surface area contributed by atoms with Gasteiger partial charge in [-0.2, -0.15) is 9.98 Å². The molecule has 0 radical (unpaired) electrons. The van der Waals surface area contributed by atoms with Crippen LogP contribution in [0.1, 0.15) is 0 Å². The summed E-state index contributed by atoms with van der Waals surface area (Å²) in [5, 5.41) is 4.82. The molecule has 4 aromatic carbocycles. The van der Waals surface area contributed by atoms with Crippen molar-refractivity contribution in [3.63, 3.8) is 0 Å². The van der Waals surface area contributed by atoms with Gasteiger partial charge < -0.3 is 0 Å². The first-order valence-electron chi connectivity index (χ1n) is 7.62. The molecule has 1 heterocycles. The molecule has 2 heteroatoms. The van der Waals surface area contributed by atoms with Gasteiger partial charge in [-0.3, -0.25) is 0 Å². The van der Waals surface area contributed by atoms with Gasteiger partial charge in [0, 0.05) is 11.1 Å². The maximum absolute atomic E-state index is 4.44. The Balaban J connectivity index is 2.05. The highest BCUT2D eigenvalue weighted by atomic mass is 14.8. The first kappa shape index (κ1) is 12.3. The number of fused-ring (bicyclic) bond motifs is 7. The second kappa shape index (κ2) is 4.64. The minimum absolute atomic E-state index is 0.919. The highest BCUT2D eigenvalue weighted by molar-refractivity contribution is 6.13. The van der Waals surface area contributed by atoms with Crippen molar-refractivity contribution < 1.29 is 0 Å². The lowest BCUT2D eigenvalue weighted by atomic mass is 9.91. The van der Waals surface area contributed by atoms with Gasteiger partial charge >= 0.3 is 0 Å². The quantitative estimate of drug-likeness (QED) is 0.329. The number of hydrogen-bond acceptors (Lipinski definition) is 2. The molecule has 106 valence electrons. The monoisotopic (exact) mass is 292 g/mol. The summed E-state index contributed by atoms with van der Waals surface area (Å²) in [5.41, 5.74) is 4.12. The fourth-order valence-corrected chi connectivity index (χ4v) is 3.36. The van der Waals surface area contributed by atoms with Gasteiger partial charge in [0.15, 0.2) is 0 Å². The Morgan fingerprint density at radius 1 is 0.522 bits per heavy atom. The van der Waals surface area contributed by atoms with Crippen molar-refractivity contribution in [3.8, 4) is 11.1 Å². The van der Waals surface area contributed by atoms with Crippen LogP contribution in [0, 0.1) is 0 Å². The van der Waals surface area contributed by atoms with E-state index < -0.39 is 0 Å². The Morgan fingerprint density at radius 2 is 1.00 bits per heavy atom. The second-order valence-corrected chi connectivity index (χ2v) is 5.69. The molecule has 1 aliphatic heterocycles. The SMILES string of the molecule is C1=Nc2ccc3ccccc3c2-c2c(ccc3ccccc23)N=1. The van der Waals surface area contributed by atoms with Gasteiger partial charge in [0.05, 0.1) is 11.4 Å². The minimum Gasteiger partial charge on any atom is -0.187 e. The van der Waals surface area contributed by atoms with Crippen LogP contribution < -0.4 is 0 Å². The highest BCUT2D eigenvalue weighted by Crippen LogP contribution is 2.46. The Morgan fingerprint density at radius 3 is 1.52 bits per heavy atom. The van der Waals surface area contributed by atoms with E-state index in [4.69, 9.17) is 0 Å². The Kier molecular flexibility index (Phi) is 2.49. The molecule has 0 fully saturated rings. The van der Waals surface area contributed by atoms with Crippen LogP contribution in [0.4, 0.5) is 11.4 Å².